The van der Waals surface area contributed by atoms with Crippen LogP contribution in [0.25, 0.3) is 0 Å². The van der Waals surface area contributed by atoms with E-state index in [1.807, 2.05) is 48.5 Å². The number of nitrogens with zero attached hydrogens (tertiary/aromatic N) is 2. The van der Waals surface area contributed by atoms with Gasteiger partial charge in [0.05, 0.1) is 23.5 Å². The molecule has 0 saturated carbocycles. The molecule has 0 fully saturated rings. The SMILES string of the molecule is CN1c2cc(Br)ccc2N(C(=O)OCc2ccccc2)CC1(C)C. The molecule has 1 aliphatic heterocycles. The molecule has 0 aliphatic carbocycles. The van der Waals surface area contributed by atoms with E-state index in [0.717, 1.165) is 21.4 Å². The Bertz CT molecular complexity index is 746. The summed E-state index contributed by atoms with van der Waals surface area (Å²) in [5.74, 6) is 0. The van der Waals surface area contributed by atoms with Crippen LogP contribution in [0.1, 0.15) is 19.4 Å². The normalized spacial score (nSPS) is 15.8. The minimum Gasteiger partial charge on any atom is -0.444 e. The van der Waals surface area contributed by atoms with Crippen molar-refractivity contribution >= 4 is 33.4 Å². The van der Waals surface area contributed by atoms with Crippen LogP contribution in [0.4, 0.5) is 16.2 Å². The summed E-state index contributed by atoms with van der Waals surface area (Å²) in [7, 11) is 2.05. The molecular weight excluding hydrogens is 368 g/mol. The Morgan fingerprint density at radius 1 is 1.17 bits per heavy atom. The van der Waals surface area contributed by atoms with Gasteiger partial charge in [0, 0.05) is 11.5 Å². The van der Waals surface area contributed by atoms with E-state index in [1.165, 1.54) is 0 Å². The topological polar surface area (TPSA) is 32.8 Å². The predicted molar refractivity (Wildman–Crippen MR) is 101 cm³/mol. The molecule has 0 aromatic heterocycles. The Morgan fingerprint density at radius 3 is 2.58 bits per heavy atom. The van der Waals surface area contributed by atoms with Crippen LogP contribution in [-0.2, 0) is 11.3 Å². The maximum atomic E-state index is 12.7. The van der Waals surface area contributed by atoms with Crippen LogP contribution in [0.15, 0.2) is 53.0 Å². The molecular formula is C19H21BrN2O2. The molecule has 2 aromatic rings. The number of likely N-dealkylation sites (N-methyl/N-ethyl adjacent to an activating group) is 1. The molecule has 0 bridgehead atoms. The number of amides is 1. The summed E-state index contributed by atoms with van der Waals surface area (Å²) in [5, 5.41) is 0. The summed E-state index contributed by atoms with van der Waals surface area (Å²) in [6, 6.07) is 15.7. The third kappa shape index (κ3) is 3.26. The first-order chi connectivity index (χ1) is 11.4. The predicted octanol–water partition coefficient (Wildman–Crippen LogP) is 4.82. The van der Waals surface area contributed by atoms with Crippen molar-refractivity contribution in [2.45, 2.75) is 26.0 Å². The molecule has 4 nitrogen and oxygen atoms in total. The zero-order valence-corrected chi connectivity index (χ0v) is 15.7. The molecule has 0 saturated heterocycles. The molecule has 5 heteroatoms. The van der Waals surface area contributed by atoms with Gasteiger partial charge in [-0.2, -0.15) is 0 Å². The fourth-order valence-electron chi connectivity index (χ4n) is 2.86. The van der Waals surface area contributed by atoms with E-state index in [1.54, 1.807) is 4.90 Å². The summed E-state index contributed by atoms with van der Waals surface area (Å²) in [4.78, 5) is 16.6. The van der Waals surface area contributed by atoms with E-state index in [0.29, 0.717) is 6.54 Å². The van der Waals surface area contributed by atoms with Gasteiger partial charge in [0.15, 0.2) is 0 Å². The van der Waals surface area contributed by atoms with Crippen LogP contribution in [-0.4, -0.2) is 25.2 Å². The fourth-order valence-corrected chi connectivity index (χ4v) is 3.21. The number of hydrogen-bond donors (Lipinski definition) is 0. The van der Waals surface area contributed by atoms with E-state index in [2.05, 4.69) is 41.7 Å². The molecule has 0 N–H and O–H groups in total. The molecule has 0 spiro atoms. The lowest BCUT2D eigenvalue weighted by Gasteiger charge is -2.46. The van der Waals surface area contributed by atoms with Crippen molar-refractivity contribution < 1.29 is 9.53 Å². The van der Waals surface area contributed by atoms with Gasteiger partial charge >= 0.3 is 6.09 Å². The number of halogens is 1. The number of carbonyl (C=O) groups is 1. The first-order valence-corrected chi connectivity index (χ1v) is 8.69. The molecule has 1 heterocycles. The van der Waals surface area contributed by atoms with E-state index in [9.17, 15) is 4.79 Å². The standard InChI is InChI=1S/C19H21BrN2O2/c1-19(2)13-22(16-10-9-15(20)11-17(16)21(19)3)18(23)24-12-14-7-5-4-6-8-14/h4-11H,12-13H2,1-3H3. The Hall–Kier alpha value is -2.01. The van der Waals surface area contributed by atoms with Gasteiger partial charge in [-0.15, -0.1) is 0 Å². The number of fused-ring (bicyclic) bond motifs is 1. The van der Waals surface area contributed by atoms with E-state index in [4.69, 9.17) is 4.74 Å². The van der Waals surface area contributed by atoms with Crippen molar-refractivity contribution in [3.05, 3.63) is 58.6 Å². The summed E-state index contributed by atoms with van der Waals surface area (Å²) in [6.07, 6.45) is -0.316. The Kier molecular flexibility index (Phi) is 4.54. The highest BCUT2D eigenvalue weighted by Gasteiger charge is 2.37. The maximum Gasteiger partial charge on any atom is 0.414 e. The van der Waals surface area contributed by atoms with Gasteiger partial charge < -0.3 is 9.64 Å². The maximum absolute atomic E-state index is 12.7. The molecule has 0 atom stereocenters. The second-order valence-electron chi connectivity index (χ2n) is 6.63. The molecule has 1 amide bonds. The van der Waals surface area contributed by atoms with E-state index >= 15 is 0 Å². The lowest BCUT2D eigenvalue weighted by molar-refractivity contribution is 0.145. The highest BCUT2D eigenvalue weighted by molar-refractivity contribution is 9.10. The van der Waals surface area contributed by atoms with Gasteiger partial charge in [0.1, 0.15) is 6.61 Å². The summed E-state index contributed by atoms with van der Waals surface area (Å²) in [5.41, 5.74) is 2.69. The van der Waals surface area contributed by atoms with Crippen LogP contribution >= 0.6 is 15.9 Å². The van der Waals surface area contributed by atoms with Gasteiger partial charge in [0.2, 0.25) is 0 Å². The minimum absolute atomic E-state index is 0.181. The van der Waals surface area contributed by atoms with Crippen LogP contribution in [0, 0.1) is 0 Å². The second-order valence-corrected chi connectivity index (χ2v) is 7.55. The highest BCUT2D eigenvalue weighted by Crippen LogP contribution is 2.40. The molecule has 0 radical (unpaired) electrons. The minimum atomic E-state index is -0.316. The quantitative estimate of drug-likeness (QED) is 0.738. The molecule has 2 aromatic carbocycles. The third-order valence-electron chi connectivity index (χ3n) is 4.47. The number of hydrogen-bond acceptors (Lipinski definition) is 3. The summed E-state index contributed by atoms with van der Waals surface area (Å²) < 4.78 is 6.53. The first-order valence-electron chi connectivity index (χ1n) is 7.90. The summed E-state index contributed by atoms with van der Waals surface area (Å²) >= 11 is 3.51. The zero-order valence-electron chi connectivity index (χ0n) is 14.1. The van der Waals surface area contributed by atoms with Crippen molar-refractivity contribution in [2.75, 3.05) is 23.4 Å². The lowest BCUT2D eigenvalue weighted by atomic mass is 9.97. The van der Waals surface area contributed by atoms with Gasteiger partial charge in [-0.3, -0.25) is 4.90 Å². The average molecular weight is 389 g/mol. The van der Waals surface area contributed by atoms with Crippen molar-refractivity contribution in [1.29, 1.82) is 0 Å². The number of carbonyl (C=O) groups excluding carboxylic acids is 1. The van der Waals surface area contributed by atoms with Crippen LogP contribution in [0.3, 0.4) is 0 Å². The molecule has 3 rings (SSSR count). The van der Waals surface area contributed by atoms with E-state index in [-0.39, 0.29) is 18.2 Å². The number of rotatable bonds is 2. The van der Waals surface area contributed by atoms with Crippen molar-refractivity contribution in [1.82, 2.24) is 0 Å². The smallest absolute Gasteiger partial charge is 0.414 e. The number of anilines is 2. The molecule has 24 heavy (non-hydrogen) atoms. The zero-order chi connectivity index (χ0) is 17.3. The molecule has 126 valence electrons. The Balaban J connectivity index is 1.84. The lowest BCUT2D eigenvalue weighted by Crippen LogP contribution is -2.56. The van der Waals surface area contributed by atoms with Crippen molar-refractivity contribution in [3.8, 4) is 0 Å². The first kappa shape index (κ1) is 16.8. The monoisotopic (exact) mass is 388 g/mol. The fraction of sp³-hybridized carbons (Fsp3) is 0.316. The van der Waals surface area contributed by atoms with E-state index < -0.39 is 0 Å². The number of ether oxygens (including phenoxy) is 1. The van der Waals surface area contributed by atoms with Gasteiger partial charge in [-0.05, 0) is 37.6 Å². The largest absolute Gasteiger partial charge is 0.444 e. The van der Waals surface area contributed by atoms with Gasteiger partial charge in [0.25, 0.3) is 0 Å². The molecule has 1 aliphatic rings. The summed E-state index contributed by atoms with van der Waals surface area (Å²) in [6.45, 7) is 5.09. The second kappa shape index (κ2) is 6.48. The average Bonchev–Trinajstić information content (AvgIpc) is 2.57. The Labute approximate surface area is 151 Å². The van der Waals surface area contributed by atoms with Crippen LogP contribution in [0.2, 0.25) is 0 Å². The Morgan fingerprint density at radius 2 is 1.88 bits per heavy atom. The van der Waals surface area contributed by atoms with Crippen molar-refractivity contribution in [2.24, 2.45) is 0 Å². The van der Waals surface area contributed by atoms with Gasteiger partial charge in [-0.25, -0.2) is 4.79 Å². The van der Waals surface area contributed by atoms with Gasteiger partial charge in [-0.1, -0.05) is 46.3 Å². The molecule has 0 unspecified atom stereocenters. The highest BCUT2D eigenvalue weighted by atomic mass is 79.9. The van der Waals surface area contributed by atoms with Crippen molar-refractivity contribution in [3.63, 3.8) is 0 Å². The number of benzene rings is 2. The third-order valence-corrected chi connectivity index (χ3v) is 4.96. The van der Waals surface area contributed by atoms with Crippen LogP contribution < -0.4 is 9.80 Å². The van der Waals surface area contributed by atoms with Crippen LogP contribution in [0.5, 0.6) is 0 Å².